The summed E-state index contributed by atoms with van der Waals surface area (Å²) in [6.07, 6.45) is 2.01. The van der Waals surface area contributed by atoms with Gasteiger partial charge in [0, 0.05) is 6.04 Å². The van der Waals surface area contributed by atoms with E-state index in [2.05, 4.69) is 0 Å². The summed E-state index contributed by atoms with van der Waals surface area (Å²) >= 11 is 6.09. The van der Waals surface area contributed by atoms with E-state index in [1.54, 1.807) is 0 Å². The molecule has 88 valence electrons. The molecule has 0 aromatic heterocycles. The summed E-state index contributed by atoms with van der Waals surface area (Å²) in [7, 11) is 0. The van der Waals surface area contributed by atoms with Crippen LogP contribution in [-0.2, 0) is 0 Å². The number of nitrogens with two attached hydrogens (primary N) is 1. The number of allylic oxidation sites excluding steroid dienone is 1. The third kappa shape index (κ3) is 3.87. The van der Waals surface area contributed by atoms with Crippen LogP contribution >= 0.6 is 11.6 Å². The van der Waals surface area contributed by atoms with E-state index >= 15 is 0 Å². The van der Waals surface area contributed by atoms with Crippen molar-refractivity contribution in [1.82, 2.24) is 0 Å². The van der Waals surface area contributed by atoms with Crippen LogP contribution in [0.25, 0.3) is 0 Å². The second-order valence-electron chi connectivity index (χ2n) is 4.07. The Morgan fingerprint density at radius 3 is 2.69 bits per heavy atom. The van der Waals surface area contributed by atoms with E-state index in [1.165, 1.54) is 5.57 Å². The van der Waals surface area contributed by atoms with Crippen LogP contribution in [0.5, 0.6) is 5.75 Å². The third-order valence-corrected chi connectivity index (χ3v) is 2.51. The van der Waals surface area contributed by atoms with Gasteiger partial charge < -0.3 is 10.5 Å². The first-order valence-corrected chi connectivity index (χ1v) is 5.69. The molecule has 1 unspecified atom stereocenters. The molecule has 2 nitrogen and oxygen atoms in total. The van der Waals surface area contributed by atoms with Gasteiger partial charge in [-0.1, -0.05) is 23.2 Å². The molecule has 0 heterocycles. The molecule has 3 heteroatoms. The Labute approximate surface area is 102 Å². The predicted molar refractivity (Wildman–Crippen MR) is 69.0 cm³/mol. The maximum absolute atomic E-state index is 6.09. The van der Waals surface area contributed by atoms with Gasteiger partial charge in [0.2, 0.25) is 0 Å². The first-order chi connectivity index (χ1) is 7.50. The molecular formula is C13H18ClNO. The molecule has 16 heavy (non-hydrogen) atoms. The van der Waals surface area contributed by atoms with Gasteiger partial charge in [0.15, 0.2) is 0 Å². The van der Waals surface area contributed by atoms with E-state index in [1.807, 2.05) is 45.0 Å². The minimum atomic E-state index is -0.00988. The summed E-state index contributed by atoms with van der Waals surface area (Å²) in [6.45, 7) is 6.53. The van der Waals surface area contributed by atoms with Gasteiger partial charge in [-0.25, -0.2) is 0 Å². The fourth-order valence-electron chi connectivity index (χ4n) is 1.22. The predicted octanol–water partition coefficient (Wildman–Crippen LogP) is 3.70. The van der Waals surface area contributed by atoms with E-state index in [9.17, 15) is 0 Å². The highest BCUT2D eigenvalue weighted by atomic mass is 35.5. The van der Waals surface area contributed by atoms with Crippen molar-refractivity contribution >= 4 is 11.6 Å². The first kappa shape index (κ1) is 13.1. The molecule has 0 spiro atoms. The van der Waals surface area contributed by atoms with Crippen LogP contribution in [0.3, 0.4) is 0 Å². The molecule has 1 atom stereocenters. The molecule has 0 bridgehead atoms. The van der Waals surface area contributed by atoms with Crippen molar-refractivity contribution in [2.75, 3.05) is 6.61 Å². The Morgan fingerprint density at radius 1 is 1.50 bits per heavy atom. The van der Waals surface area contributed by atoms with Crippen LogP contribution in [0.1, 0.15) is 32.4 Å². The highest BCUT2D eigenvalue weighted by Gasteiger charge is 2.05. The average Bonchev–Trinajstić information content (AvgIpc) is 2.19. The van der Waals surface area contributed by atoms with Crippen molar-refractivity contribution in [2.45, 2.75) is 26.8 Å². The van der Waals surface area contributed by atoms with Gasteiger partial charge in [-0.15, -0.1) is 0 Å². The Bertz CT molecular complexity index is 382. The zero-order chi connectivity index (χ0) is 12.1. The third-order valence-electron chi connectivity index (χ3n) is 2.21. The average molecular weight is 240 g/mol. The normalized spacial score (nSPS) is 12.1. The molecule has 0 amide bonds. The number of rotatable bonds is 4. The monoisotopic (exact) mass is 239 g/mol. The lowest BCUT2D eigenvalue weighted by Crippen LogP contribution is -2.05. The topological polar surface area (TPSA) is 35.2 Å². The van der Waals surface area contributed by atoms with Crippen molar-refractivity contribution in [1.29, 1.82) is 0 Å². The summed E-state index contributed by atoms with van der Waals surface area (Å²) in [4.78, 5) is 0. The van der Waals surface area contributed by atoms with Gasteiger partial charge in [-0.3, -0.25) is 0 Å². The molecule has 0 aliphatic carbocycles. The Hall–Kier alpha value is -0.990. The van der Waals surface area contributed by atoms with Crippen molar-refractivity contribution < 1.29 is 4.74 Å². The standard InChI is InChI=1S/C13H18ClNO/c1-9(2)6-7-16-13-5-4-11(10(3)15)8-12(13)14/h4-6,8,10H,7,15H2,1-3H3. The van der Waals surface area contributed by atoms with Gasteiger partial charge in [-0.05, 0) is 44.5 Å². The fourth-order valence-corrected chi connectivity index (χ4v) is 1.46. The second kappa shape index (κ2) is 5.92. The summed E-state index contributed by atoms with van der Waals surface area (Å²) in [6, 6.07) is 5.64. The number of ether oxygens (including phenoxy) is 1. The van der Waals surface area contributed by atoms with Crippen LogP contribution in [0.4, 0.5) is 0 Å². The number of hydrogen-bond donors (Lipinski definition) is 1. The molecule has 0 saturated heterocycles. The van der Waals surface area contributed by atoms with Gasteiger partial charge in [0.25, 0.3) is 0 Å². The van der Waals surface area contributed by atoms with Crippen LogP contribution in [0, 0.1) is 0 Å². The number of benzene rings is 1. The highest BCUT2D eigenvalue weighted by molar-refractivity contribution is 6.32. The molecular weight excluding hydrogens is 222 g/mol. The van der Waals surface area contributed by atoms with Crippen molar-refractivity contribution in [3.63, 3.8) is 0 Å². The molecule has 1 aromatic carbocycles. The smallest absolute Gasteiger partial charge is 0.138 e. The first-order valence-electron chi connectivity index (χ1n) is 5.32. The molecule has 0 aliphatic heterocycles. The zero-order valence-corrected chi connectivity index (χ0v) is 10.7. The molecule has 0 saturated carbocycles. The van der Waals surface area contributed by atoms with Crippen LogP contribution in [-0.4, -0.2) is 6.61 Å². The Kier molecular flexibility index (Phi) is 4.84. The second-order valence-corrected chi connectivity index (χ2v) is 4.48. The van der Waals surface area contributed by atoms with Crippen molar-refractivity contribution in [3.8, 4) is 5.75 Å². The van der Waals surface area contributed by atoms with Gasteiger partial charge in [-0.2, -0.15) is 0 Å². The van der Waals surface area contributed by atoms with E-state index in [4.69, 9.17) is 22.1 Å². The zero-order valence-electron chi connectivity index (χ0n) is 9.96. The minimum absolute atomic E-state index is 0.00988. The lowest BCUT2D eigenvalue weighted by Gasteiger charge is -2.10. The minimum Gasteiger partial charge on any atom is -0.488 e. The maximum atomic E-state index is 6.09. The van der Waals surface area contributed by atoms with Crippen molar-refractivity contribution in [3.05, 3.63) is 40.4 Å². The van der Waals surface area contributed by atoms with E-state index in [-0.39, 0.29) is 6.04 Å². The summed E-state index contributed by atoms with van der Waals surface area (Å²) in [5, 5.41) is 0.608. The molecule has 2 N–H and O–H groups in total. The van der Waals surface area contributed by atoms with Gasteiger partial charge >= 0.3 is 0 Å². The quantitative estimate of drug-likeness (QED) is 0.813. The van der Waals surface area contributed by atoms with Crippen LogP contribution in [0.15, 0.2) is 29.8 Å². The Morgan fingerprint density at radius 2 is 2.19 bits per heavy atom. The van der Waals surface area contributed by atoms with E-state index < -0.39 is 0 Å². The molecule has 0 fully saturated rings. The largest absolute Gasteiger partial charge is 0.488 e. The lowest BCUT2D eigenvalue weighted by molar-refractivity contribution is 0.362. The van der Waals surface area contributed by atoms with Crippen LogP contribution < -0.4 is 10.5 Å². The number of halogens is 1. The summed E-state index contributed by atoms with van der Waals surface area (Å²) < 4.78 is 5.53. The highest BCUT2D eigenvalue weighted by Crippen LogP contribution is 2.27. The van der Waals surface area contributed by atoms with Gasteiger partial charge in [0.1, 0.15) is 12.4 Å². The molecule has 0 aliphatic rings. The molecule has 1 rings (SSSR count). The maximum Gasteiger partial charge on any atom is 0.138 e. The van der Waals surface area contributed by atoms with Crippen molar-refractivity contribution in [2.24, 2.45) is 5.73 Å². The number of hydrogen-bond acceptors (Lipinski definition) is 2. The molecule has 1 aromatic rings. The fraction of sp³-hybridized carbons (Fsp3) is 0.385. The van der Waals surface area contributed by atoms with Gasteiger partial charge in [0.05, 0.1) is 5.02 Å². The summed E-state index contributed by atoms with van der Waals surface area (Å²) in [5.74, 6) is 0.698. The Balaban J connectivity index is 2.72. The van der Waals surface area contributed by atoms with E-state index in [0.717, 1.165) is 5.56 Å². The van der Waals surface area contributed by atoms with Crippen LogP contribution in [0.2, 0.25) is 5.02 Å². The van der Waals surface area contributed by atoms with E-state index in [0.29, 0.717) is 17.4 Å². The lowest BCUT2D eigenvalue weighted by atomic mass is 10.1. The summed E-state index contributed by atoms with van der Waals surface area (Å²) in [5.41, 5.74) is 8.00. The SMILES string of the molecule is CC(C)=CCOc1ccc(C(C)N)cc1Cl. The molecule has 0 radical (unpaired) electrons.